The van der Waals surface area contributed by atoms with Crippen LogP contribution >= 0.6 is 0 Å². The lowest BCUT2D eigenvalue weighted by molar-refractivity contribution is -0.144. The Morgan fingerprint density at radius 3 is 2.68 bits per heavy atom. The van der Waals surface area contributed by atoms with E-state index in [-0.39, 0.29) is 11.6 Å². The summed E-state index contributed by atoms with van der Waals surface area (Å²) in [6, 6.07) is 1.24. The Morgan fingerprint density at radius 1 is 1.37 bits per heavy atom. The predicted octanol–water partition coefficient (Wildman–Crippen LogP) is 1.42. The summed E-state index contributed by atoms with van der Waals surface area (Å²) in [7, 11) is 1.74. The van der Waals surface area contributed by atoms with E-state index in [1.165, 1.54) is 6.07 Å². The molecule has 0 fully saturated rings. The van der Waals surface area contributed by atoms with Crippen LogP contribution in [0.1, 0.15) is 11.4 Å². The molecule has 0 saturated heterocycles. The van der Waals surface area contributed by atoms with E-state index in [2.05, 4.69) is 20.4 Å². The van der Waals surface area contributed by atoms with Crippen molar-refractivity contribution in [3.05, 3.63) is 29.8 Å². The average molecular weight is 272 g/mol. The van der Waals surface area contributed by atoms with Crippen molar-refractivity contribution in [3.63, 3.8) is 0 Å². The SMILES string of the molecule is Cn1cc(CNc2cc(N)nc(C(F)(F)F)n2)cn1. The Morgan fingerprint density at radius 2 is 2.11 bits per heavy atom. The minimum absolute atomic E-state index is 0.0173. The van der Waals surface area contributed by atoms with Gasteiger partial charge in [0, 0.05) is 31.4 Å². The van der Waals surface area contributed by atoms with Crippen LogP contribution in [0, 0.1) is 0 Å². The van der Waals surface area contributed by atoms with Crippen LogP contribution in [0.4, 0.5) is 24.8 Å². The number of hydrogen-bond donors (Lipinski definition) is 2. The predicted molar refractivity (Wildman–Crippen MR) is 62.0 cm³/mol. The summed E-state index contributed by atoms with van der Waals surface area (Å²) >= 11 is 0. The number of halogens is 3. The normalized spacial score (nSPS) is 11.6. The summed E-state index contributed by atoms with van der Waals surface area (Å²) in [6.45, 7) is 0.293. The molecular weight excluding hydrogens is 261 g/mol. The third-order valence-electron chi connectivity index (χ3n) is 2.23. The van der Waals surface area contributed by atoms with Crippen molar-refractivity contribution in [1.29, 1.82) is 0 Å². The number of hydrogen-bond acceptors (Lipinski definition) is 5. The number of aryl methyl sites for hydroxylation is 1. The Kier molecular flexibility index (Phi) is 3.28. The van der Waals surface area contributed by atoms with Crippen LogP contribution in [0.2, 0.25) is 0 Å². The maximum absolute atomic E-state index is 12.5. The van der Waals surface area contributed by atoms with Gasteiger partial charge in [-0.3, -0.25) is 4.68 Å². The largest absolute Gasteiger partial charge is 0.451 e. The fourth-order valence-electron chi connectivity index (χ4n) is 1.44. The number of nitrogens with one attached hydrogen (secondary N) is 1. The van der Waals surface area contributed by atoms with Crippen LogP contribution in [0.25, 0.3) is 0 Å². The number of nitrogens with two attached hydrogens (primary N) is 1. The van der Waals surface area contributed by atoms with Gasteiger partial charge in [0.25, 0.3) is 0 Å². The topological polar surface area (TPSA) is 81.7 Å². The number of nitrogen functional groups attached to an aromatic ring is 1. The lowest BCUT2D eigenvalue weighted by atomic mass is 10.3. The number of alkyl halides is 3. The number of anilines is 2. The van der Waals surface area contributed by atoms with Gasteiger partial charge in [-0.05, 0) is 0 Å². The molecule has 19 heavy (non-hydrogen) atoms. The van der Waals surface area contributed by atoms with Crippen molar-refractivity contribution < 1.29 is 13.2 Å². The molecule has 0 aliphatic rings. The zero-order valence-electron chi connectivity index (χ0n) is 9.94. The molecule has 2 rings (SSSR count). The fourth-order valence-corrected chi connectivity index (χ4v) is 1.44. The Labute approximate surface area is 106 Å². The lowest BCUT2D eigenvalue weighted by Crippen LogP contribution is -2.14. The fraction of sp³-hybridized carbons (Fsp3) is 0.300. The first kappa shape index (κ1) is 13.1. The molecule has 0 atom stereocenters. The van der Waals surface area contributed by atoms with E-state index in [9.17, 15) is 13.2 Å². The van der Waals surface area contributed by atoms with Gasteiger partial charge in [0.2, 0.25) is 5.82 Å². The molecule has 0 unspecified atom stereocenters. The van der Waals surface area contributed by atoms with E-state index in [4.69, 9.17) is 5.73 Å². The second-order valence-corrected chi connectivity index (χ2v) is 3.88. The summed E-state index contributed by atoms with van der Waals surface area (Å²) in [5.41, 5.74) is 6.13. The zero-order chi connectivity index (χ0) is 14.0. The first-order valence-electron chi connectivity index (χ1n) is 5.28. The van der Waals surface area contributed by atoms with Crippen molar-refractivity contribution in [2.24, 2.45) is 7.05 Å². The average Bonchev–Trinajstić information content (AvgIpc) is 2.71. The monoisotopic (exact) mass is 272 g/mol. The third kappa shape index (κ3) is 3.33. The zero-order valence-corrected chi connectivity index (χ0v) is 9.94. The summed E-state index contributed by atoms with van der Waals surface area (Å²) in [5.74, 6) is -1.49. The molecule has 102 valence electrons. The van der Waals surface area contributed by atoms with Crippen molar-refractivity contribution in [3.8, 4) is 0 Å². The van der Waals surface area contributed by atoms with Crippen LogP contribution in [0.5, 0.6) is 0 Å². The molecule has 0 aliphatic heterocycles. The summed E-state index contributed by atoms with van der Waals surface area (Å²) in [4.78, 5) is 6.52. The second-order valence-electron chi connectivity index (χ2n) is 3.88. The molecule has 6 nitrogen and oxygen atoms in total. The smallest absolute Gasteiger partial charge is 0.384 e. The maximum atomic E-state index is 12.5. The van der Waals surface area contributed by atoms with Gasteiger partial charge >= 0.3 is 6.18 Å². The van der Waals surface area contributed by atoms with Gasteiger partial charge in [0.05, 0.1) is 6.20 Å². The highest BCUT2D eigenvalue weighted by Gasteiger charge is 2.35. The highest BCUT2D eigenvalue weighted by molar-refractivity contribution is 5.45. The Balaban J connectivity index is 2.14. The molecule has 9 heteroatoms. The highest BCUT2D eigenvalue weighted by Crippen LogP contribution is 2.27. The first-order valence-corrected chi connectivity index (χ1v) is 5.28. The van der Waals surface area contributed by atoms with Crippen LogP contribution in [-0.4, -0.2) is 19.7 Å². The Bertz CT molecular complexity index is 577. The van der Waals surface area contributed by atoms with E-state index in [0.717, 1.165) is 5.56 Å². The molecular formula is C10H11F3N6. The second kappa shape index (κ2) is 4.75. The molecule has 2 aromatic rings. The molecule has 0 saturated carbocycles. The molecule has 2 heterocycles. The van der Waals surface area contributed by atoms with Crippen LogP contribution in [0.3, 0.4) is 0 Å². The Hall–Kier alpha value is -2.32. The molecule has 0 amide bonds. The summed E-state index contributed by atoms with van der Waals surface area (Å²) in [5, 5.41) is 6.69. The maximum Gasteiger partial charge on any atom is 0.451 e. The minimum Gasteiger partial charge on any atom is -0.384 e. The quantitative estimate of drug-likeness (QED) is 0.883. The first-order chi connectivity index (χ1) is 8.84. The van der Waals surface area contributed by atoms with Gasteiger partial charge in [-0.15, -0.1) is 0 Å². The van der Waals surface area contributed by atoms with Gasteiger partial charge in [0.15, 0.2) is 0 Å². The van der Waals surface area contributed by atoms with Crippen molar-refractivity contribution >= 4 is 11.6 Å². The van der Waals surface area contributed by atoms with Crippen molar-refractivity contribution in [1.82, 2.24) is 19.7 Å². The highest BCUT2D eigenvalue weighted by atomic mass is 19.4. The van der Waals surface area contributed by atoms with E-state index in [1.54, 1.807) is 24.1 Å². The van der Waals surface area contributed by atoms with Gasteiger partial charge in [-0.1, -0.05) is 0 Å². The van der Waals surface area contributed by atoms with Gasteiger partial charge in [0.1, 0.15) is 11.6 Å². The third-order valence-corrected chi connectivity index (χ3v) is 2.23. The summed E-state index contributed by atoms with van der Waals surface area (Å²) < 4.78 is 39.1. The van der Waals surface area contributed by atoms with Crippen molar-refractivity contribution in [2.45, 2.75) is 12.7 Å². The number of aromatic nitrogens is 4. The van der Waals surface area contributed by atoms with Gasteiger partial charge in [-0.25, -0.2) is 9.97 Å². The number of nitrogens with zero attached hydrogens (tertiary/aromatic N) is 4. The molecule has 2 aromatic heterocycles. The lowest BCUT2D eigenvalue weighted by Gasteiger charge is -2.09. The number of rotatable bonds is 3. The molecule has 0 aromatic carbocycles. The molecule has 0 spiro atoms. The van der Waals surface area contributed by atoms with E-state index in [0.29, 0.717) is 6.54 Å². The van der Waals surface area contributed by atoms with E-state index in [1.807, 2.05) is 0 Å². The van der Waals surface area contributed by atoms with E-state index >= 15 is 0 Å². The molecule has 0 aliphatic carbocycles. The van der Waals surface area contributed by atoms with Gasteiger partial charge < -0.3 is 11.1 Å². The summed E-state index contributed by atoms with van der Waals surface area (Å²) in [6.07, 6.45) is -1.29. The minimum atomic E-state index is -4.62. The van der Waals surface area contributed by atoms with E-state index < -0.39 is 12.0 Å². The van der Waals surface area contributed by atoms with Crippen LogP contribution in [-0.2, 0) is 19.8 Å². The van der Waals surface area contributed by atoms with Gasteiger partial charge in [-0.2, -0.15) is 18.3 Å². The molecule has 0 radical (unpaired) electrons. The standard InChI is InChI=1S/C10H11F3N6/c1-19-5-6(4-16-19)3-15-8-2-7(14)17-9(18-8)10(11,12)13/h2,4-5H,3H2,1H3,(H3,14,15,17,18). The molecule has 3 N–H and O–H groups in total. The van der Waals surface area contributed by atoms with Crippen LogP contribution < -0.4 is 11.1 Å². The molecule has 0 bridgehead atoms. The van der Waals surface area contributed by atoms with Crippen LogP contribution in [0.15, 0.2) is 18.5 Å². The van der Waals surface area contributed by atoms with Crippen molar-refractivity contribution in [2.75, 3.05) is 11.1 Å².